The fourth-order valence-electron chi connectivity index (χ4n) is 8.27. The topological polar surface area (TPSA) is 169 Å². The van der Waals surface area contributed by atoms with Crippen molar-refractivity contribution in [3.8, 4) is 0 Å². The van der Waals surface area contributed by atoms with Gasteiger partial charge in [-0.1, -0.05) is 20.8 Å². The molecule has 170 valence electrons. The number of carbonyl (C=O) groups excluding carboxylic acids is 3. The van der Waals surface area contributed by atoms with Gasteiger partial charge >= 0.3 is 17.9 Å². The van der Waals surface area contributed by atoms with E-state index < -0.39 is 94.0 Å². The second-order valence-corrected chi connectivity index (χ2v) is 10.8. The molecule has 2 aliphatic carbocycles. The second kappa shape index (κ2) is 4.91. The lowest BCUT2D eigenvalue weighted by Gasteiger charge is -2.47. The number of hydrogen-bond donors (Lipinski definition) is 4. The predicted octanol–water partition coefficient (Wildman–Crippen LogP) is -2.40. The van der Waals surface area contributed by atoms with Crippen molar-refractivity contribution in [2.24, 2.45) is 28.1 Å². The molecule has 0 unspecified atom stereocenters. The zero-order chi connectivity index (χ0) is 22.7. The van der Waals surface area contributed by atoms with Gasteiger partial charge in [0.2, 0.25) is 11.9 Å². The molecule has 0 radical (unpaired) electrons. The molecule has 6 rings (SSSR count). The summed E-state index contributed by atoms with van der Waals surface area (Å²) in [7, 11) is 0. The van der Waals surface area contributed by atoms with E-state index in [1.165, 1.54) is 6.92 Å². The van der Waals surface area contributed by atoms with Crippen LogP contribution < -0.4 is 0 Å². The van der Waals surface area contributed by atoms with E-state index in [1.807, 2.05) is 0 Å². The number of aliphatic hydroxyl groups is 4. The van der Waals surface area contributed by atoms with Crippen molar-refractivity contribution in [1.82, 2.24) is 0 Å². The van der Waals surface area contributed by atoms with Crippen LogP contribution in [0.15, 0.2) is 0 Å². The summed E-state index contributed by atoms with van der Waals surface area (Å²) in [6.07, 6.45) is -9.69. The standard InChI is InChI=1S/C20H24O11/c1-5-12(24)28-11-8(22)18-10-6(21)7(16(2,3)4)17(18)9(23)13(25)30-15(17)31-20(18,14(26)29-10)19(5,11)27/h5-11,15,21-23,27H,1-4H3/t5-,6-,7+,8+,9-,10-,11+,15+,17+,18+,19-,20+/m1/s1. The number of carbonyl (C=O) groups is 3. The molecule has 6 fully saturated rings. The van der Waals surface area contributed by atoms with Gasteiger partial charge in [0.05, 0.1) is 22.9 Å². The van der Waals surface area contributed by atoms with Gasteiger partial charge in [0, 0.05) is 5.92 Å². The van der Waals surface area contributed by atoms with Crippen molar-refractivity contribution in [1.29, 1.82) is 0 Å². The van der Waals surface area contributed by atoms with Gasteiger partial charge in [-0.2, -0.15) is 0 Å². The van der Waals surface area contributed by atoms with Gasteiger partial charge < -0.3 is 39.4 Å². The van der Waals surface area contributed by atoms with Crippen LogP contribution in [0.25, 0.3) is 0 Å². The summed E-state index contributed by atoms with van der Waals surface area (Å²) in [6.45, 7) is 6.63. The van der Waals surface area contributed by atoms with E-state index in [9.17, 15) is 34.8 Å². The average Bonchev–Trinajstić information content (AvgIpc) is 3.35. The normalized spacial score (nSPS) is 61.0. The highest BCUT2D eigenvalue weighted by Gasteiger charge is 3.05. The number of hydrogen-bond acceptors (Lipinski definition) is 11. The van der Waals surface area contributed by atoms with E-state index in [0.717, 1.165) is 0 Å². The molecule has 2 spiro atoms. The summed E-state index contributed by atoms with van der Waals surface area (Å²) < 4.78 is 22.2. The molecule has 4 heterocycles. The Morgan fingerprint density at radius 3 is 2.19 bits per heavy atom. The van der Waals surface area contributed by atoms with Gasteiger partial charge in [0.15, 0.2) is 17.8 Å². The molecule has 11 nitrogen and oxygen atoms in total. The molecule has 0 aromatic rings. The van der Waals surface area contributed by atoms with E-state index >= 15 is 0 Å². The van der Waals surface area contributed by atoms with Gasteiger partial charge in [0.25, 0.3) is 0 Å². The molecule has 4 aliphatic heterocycles. The van der Waals surface area contributed by atoms with E-state index in [4.69, 9.17) is 18.9 Å². The van der Waals surface area contributed by atoms with Crippen molar-refractivity contribution in [3.63, 3.8) is 0 Å². The Labute approximate surface area is 176 Å². The first kappa shape index (κ1) is 19.9. The Bertz CT molecular complexity index is 957. The first-order chi connectivity index (χ1) is 14.3. The molecule has 0 aromatic heterocycles. The molecule has 12 atom stereocenters. The summed E-state index contributed by atoms with van der Waals surface area (Å²) in [4.78, 5) is 38.3. The minimum atomic E-state index is -2.40. The Morgan fingerprint density at radius 2 is 1.58 bits per heavy atom. The zero-order valence-corrected chi connectivity index (χ0v) is 17.3. The second-order valence-electron chi connectivity index (χ2n) is 10.8. The van der Waals surface area contributed by atoms with E-state index in [0.29, 0.717) is 0 Å². The monoisotopic (exact) mass is 440 g/mol. The van der Waals surface area contributed by atoms with Gasteiger partial charge in [-0.15, -0.1) is 0 Å². The van der Waals surface area contributed by atoms with E-state index in [2.05, 4.69) is 0 Å². The molecular formula is C20H24O11. The smallest absolute Gasteiger partial charge is 0.343 e. The Balaban J connectivity index is 1.75. The van der Waals surface area contributed by atoms with Crippen LogP contribution in [0.1, 0.15) is 27.7 Å². The highest BCUT2D eigenvalue weighted by atomic mass is 16.8. The number of ether oxygens (including phenoxy) is 4. The van der Waals surface area contributed by atoms with Crippen LogP contribution in [0.4, 0.5) is 0 Å². The molecule has 6 aliphatic rings. The van der Waals surface area contributed by atoms with Crippen LogP contribution >= 0.6 is 0 Å². The third kappa shape index (κ3) is 1.43. The van der Waals surface area contributed by atoms with Crippen LogP contribution in [0.2, 0.25) is 0 Å². The summed E-state index contributed by atoms with van der Waals surface area (Å²) in [5.41, 5.74) is -9.40. The van der Waals surface area contributed by atoms with E-state index in [-0.39, 0.29) is 0 Å². The van der Waals surface area contributed by atoms with Crippen LogP contribution in [0, 0.1) is 28.1 Å². The molecule has 31 heavy (non-hydrogen) atoms. The lowest BCUT2D eigenvalue weighted by Crippen LogP contribution is -2.67. The number of esters is 3. The first-order valence-corrected chi connectivity index (χ1v) is 10.3. The first-order valence-electron chi connectivity index (χ1n) is 10.3. The molecule has 2 saturated carbocycles. The molecule has 11 heteroatoms. The van der Waals surface area contributed by atoms with Crippen molar-refractivity contribution in [3.05, 3.63) is 0 Å². The highest BCUT2D eigenvalue weighted by molar-refractivity contribution is 5.94. The fourth-order valence-corrected chi connectivity index (χ4v) is 8.27. The quantitative estimate of drug-likeness (QED) is 0.234. The van der Waals surface area contributed by atoms with Gasteiger partial charge in [-0.3, -0.25) is 4.79 Å². The van der Waals surface area contributed by atoms with Crippen LogP contribution in [0.5, 0.6) is 0 Å². The maximum absolute atomic E-state index is 13.4. The molecule has 4 N–H and O–H groups in total. The van der Waals surface area contributed by atoms with Crippen LogP contribution in [-0.2, 0) is 33.3 Å². The summed E-state index contributed by atoms with van der Waals surface area (Å²) in [5, 5.41) is 46.1. The Kier molecular flexibility index (Phi) is 3.15. The number of aliphatic hydroxyl groups excluding tert-OH is 3. The minimum Gasteiger partial charge on any atom is -0.456 e. The number of rotatable bonds is 0. The average molecular weight is 440 g/mol. The largest absolute Gasteiger partial charge is 0.456 e. The molecule has 0 aromatic carbocycles. The predicted molar refractivity (Wildman–Crippen MR) is 93.4 cm³/mol. The minimum absolute atomic E-state index is 0.792. The van der Waals surface area contributed by atoms with Gasteiger partial charge in [-0.25, -0.2) is 9.59 Å². The molecule has 4 saturated heterocycles. The Morgan fingerprint density at radius 1 is 0.935 bits per heavy atom. The fraction of sp³-hybridized carbons (Fsp3) is 0.850. The van der Waals surface area contributed by atoms with Gasteiger partial charge in [0.1, 0.15) is 12.2 Å². The van der Waals surface area contributed by atoms with Crippen molar-refractivity contribution < 1.29 is 53.8 Å². The molecule has 0 bridgehead atoms. The van der Waals surface area contributed by atoms with E-state index in [1.54, 1.807) is 20.8 Å². The number of fused-ring (bicyclic) bond motifs is 1. The molecular weight excluding hydrogens is 416 g/mol. The lowest BCUT2D eigenvalue weighted by atomic mass is 9.51. The van der Waals surface area contributed by atoms with Crippen molar-refractivity contribution >= 4 is 17.9 Å². The molecule has 0 amide bonds. The van der Waals surface area contributed by atoms with Gasteiger partial charge in [-0.05, 0) is 12.3 Å². The lowest BCUT2D eigenvalue weighted by molar-refractivity contribution is -0.240. The van der Waals surface area contributed by atoms with Crippen LogP contribution in [0.3, 0.4) is 0 Å². The summed E-state index contributed by atoms with van der Waals surface area (Å²) >= 11 is 0. The summed E-state index contributed by atoms with van der Waals surface area (Å²) in [6, 6.07) is 0. The maximum atomic E-state index is 13.4. The van der Waals surface area contributed by atoms with Crippen LogP contribution in [-0.4, -0.2) is 86.3 Å². The Hall–Kier alpha value is -1.79. The van der Waals surface area contributed by atoms with Crippen molar-refractivity contribution in [2.45, 2.75) is 75.7 Å². The zero-order valence-electron chi connectivity index (χ0n) is 17.3. The third-order valence-corrected chi connectivity index (χ3v) is 8.95. The SMILES string of the molecule is C[C@@H]1C(=O)O[C@H]2[C@H](O)[C@@]34[C@@H]5OC(=O)[C@@]3(O[C@@H]3OC(=O)[C@@H](O)[C@@]34[C@H](C(C)(C)C)[C@H]5O)[C@@]12O. The maximum Gasteiger partial charge on any atom is 0.343 e. The third-order valence-electron chi connectivity index (χ3n) is 8.95. The highest BCUT2D eigenvalue weighted by Crippen LogP contribution is 2.84. The van der Waals surface area contributed by atoms with Crippen molar-refractivity contribution in [2.75, 3.05) is 0 Å². The summed E-state index contributed by atoms with van der Waals surface area (Å²) in [5.74, 6) is -5.22.